The highest BCUT2D eigenvalue weighted by molar-refractivity contribution is 7.88. The number of likely N-dealkylation sites (tertiary alicyclic amines) is 1. The van der Waals surface area contributed by atoms with E-state index in [1.54, 1.807) is 0 Å². The van der Waals surface area contributed by atoms with Gasteiger partial charge in [0, 0.05) is 17.6 Å². The molecule has 1 saturated heterocycles. The van der Waals surface area contributed by atoms with Gasteiger partial charge in [-0.15, -0.1) is 0 Å². The number of hydrogen-bond acceptors (Lipinski definition) is 3. The molecular formula is C16H23ClN2O2S. The highest BCUT2D eigenvalue weighted by atomic mass is 35.5. The van der Waals surface area contributed by atoms with Crippen LogP contribution in [-0.4, -0.2) is 38.7 Å². The third kappa shape index (κ3) is 4.02. The molecule has 0 bridgehead atoms. The molecular weight excluding hydrogens is 320 g/mol. The van der Waals surface area contributed by atoms with Gasteiger partial charge in [0.2, 0.25) is 10.0 Å². The second-order valence-corrected chi connectivity index (χ2v) is 9.12. The average Bonchev–Trinajstić information content (AvgIpc) is 2.38. The lowest BCUT2D eigenvalue weighted by atomic mass is 9.60. The summed E-state index contributed by atoms with van der Waals surface area (Å²) < 4.78 is 25.2. The first-order valence-corrected chi connectivity index (χ1v) is 10.0. The Hall–Kier alpha value is -0.620. The lowest BCUT2D eigenvalue weighted by Gasteiger charge is -2.52. The van der Waals surface area contributed by atoms with Gasteiger partial charge in [-0.25, -0.2) is 13.1 Å². The molecule has 1 heterocycles. The molecule has 1 N–H and O–H groups in total. The summed E-state index contributed by atoms with van der Waals surface area (Å²) in [4.78, 5) is 2.47. The first-order chi connectivity index (χ1) is 10.3. The highest BCUT2D eigenvalue weighted by Gasteiger charge is 2.46. The van der Waals surface area contributed by atoms with Gasteiger partial charge < -0.3 is 0 Å². The Labute approximate surface area is 137 Å². The van der Waals surface area contributed by atoms with Gasteiger partial charge in [-0.2, -0.15) is 0 Å². The van der Waals surface area contributed by atoms with Gasteiger partial charge in [-0.1, -0.05) is 23.7 Å². The smallest absolute Gasteiger partial charge is 0.208 e. The van der Waals surface area contributed by atoms with Gasteiger partial charge in [0.25, 0.3) is 0 Å². The Bertz CT molecular complexity index is 631. The van der Waals surface area contributed by atoms with E-state index >= 15 is 0 Å². The molecule has 4 nitrogen and oxygen atoms in total. The van der Waals surface area contributed by atoms with Gasteiger partial charge in [0.15, 0.2) is 0 Å². The van der Waals surface area contributed by atoms with Crippen LogP contribution in [0, 0.1) is 5.41 Å². The number of hydrogen-bond donors (Lipinski definition) is 1. The molecule has 1 aliphatic heterocycles. The number of rotatable bonds is 4. The molecule has 0 radical (unpaired) electrons. The van der Waals surface area contributed by atoms with E-state index in [0.29, 0.717) is 5.41 Å². The fraction of sp³-hybridized carbons (Fsp3) is 0.625. The Balaban J connectivity index is 1.48. The normalized spacial score (nSPS) is 22.6. The van der Waals surface area contributed by atoms with E-state index in [9.17, 15) is 8.42 Å². The van der Waals surface area contributed by atoms with Crippen LogP contribution in [0.15, 0.2) is 24.3 Å². The van der Waals surface area contributed by atoms with E-state index in [1.807, 2.05) is 18.2 Å². The molecule has 1 spiro atoms. The zero-order valence-corrected chi connectivity index (χ0v) is 14.5. The minimum atomic E-state index is -3.07. The van der Waals surface area contributed by atoms with Crippen LogP contribution in [0.2, 0.25) is 5.02 Å². The van der Waals surface area contributed by atoms with Crippen LogP contribution in [0.4, 0.5) is 0 Å². The Kier molecular flexibility index (Phi) is 4.52. The predicted molar refractivity (Wildman–Crippen MR) is 89.4 cm³/mol. The molecule has 1 saturated carbocycles. The van der Waals surface area contributed by atoms with Gasteiger partial charge >= 0.3 is 0 Å². The predicted octanol–water partition coefficient (Wildman–Crippen LogP) is 2.63. The van der Waals surface area contributed by atoms with Gasteiger partial charge in [0.1, 0.15) is 0 Å². The van der Waals surface area contributed by atoms with E-state index in [4.69, 9.17) is 11.6 Å². The first kappa shape index (κ1) is 16.2. The van der Waals surface area contributed by atoms with Crippen molar-refractivity contribution < 1.29 is 8.42 Å². The summed E-state index contributed by atoms with van der Waals surface area (Å²) in [5.74, 6) is 0. The van der Waals surface area contributed by atoms with Gasteiger partial charge in [-0.3, -0.25) is 4.90 Å². The Morgan fingerprint density at radius 1 is 1.32 bits per heavy atom. The van der Waals surface area contributed by atoms with Crippen molar-refractivity contribution in [3.05, 3.63) is 34.9 Å². The lowest BCUT2D eigenvalue weighted by Crippen LogP contribution is -2.54. The van der Waals surface area contributed by atoms with Crippen molar-refractivity contribution in [2.45, 2.75) is 38.3 Å². The number of benzene rings is 1. The summed E-state index contributed by atoms with van der Waals surface area (Å²) in [5.41, 5.74) is 1.63. The van der Waals surface area contributed by atoms with Crippen molar-refractivity contribution in [1.82, 2.24) is 9.62 Å². The third-order valence-corrected chi connectivity index (χ3v) is 5.95. The van der Waals surface area contributed by atoms with Crippen LogP contribution >= 0.6 is 11.6 Å². The van der Waals surface area contributed by atoms with E-state index < -0.39 is 10.0 Å². The van der Waals surface area contributed by atoms with E-state index in [2.05, 4.69) is 15.7 Å². The first-order valence-electron chi connectivity index (χ1n) is 7.78. The fourth-order valence-corrected chi connectivity index (χ4v) is 4.84. The number of halogens is 1. The standard InChI is InChI=1S/C16H23ClN2O2S/c1-22(20,21)18-15-10-16(11-15)5-7-19(8-6-16)12-13-3-2-4-14(17)9-13/h2-4,9,15,18H,5-8,10-12H2,1H3. The zero-order valence-electron chi connectivity index (χ0n) is 12.9. The van der Waals surface area contributed by atoms with E-state index in [1.165, 1.54) is 11.8 Å². The molecule has 6 heteroatoms. The second-order valence-electron chi connectivity index (χ2n) is 6.90. The summed E-state index contributed by atoms with van der Waals surface area (Å²) in [6, 6.07) is 8.19. The van der Waals surface area contributed by atoms with Crippen LogP contribution in [0.25, 0.3) is 0 Å². The van der Waals surface area contributed by atoms with Crippen molar-refractivity contribution in [2.75, 3.05) is 19.3 Å². The van der Waals surface area contributed by atoms with Crippen molar-refractivity contribution in [3.8, 4) is 0 Å². The Morgan fingerprint density at radius 3 is 2.59 bits per heavy atom. The molecule has 0 atom stereocenters. The summed E-state index contributed by atoms with van der Waals surface area (Å²) >= 11 is 6.03. The maximum atomic E-state index is 11.3. The van der Waals surface area contributed by atoms with Crippen LogP contribution in [0.3, 0.4) is 0 Å². The molecule has 0 unspecified atom stereocenters. The maximum absolute atomic E-state index is 11.3. The monoisotopic (exact) mass is 342 g/mol. The number of nitrogens with one attached hydrogen (secondary N) is 1. The SMILES string of the molecule is CS(=O)(=O)NC1CC2(CCN(Cc3cccc(Cl)c3)CC2)C1. The van der Waals surface area contributed by atoms with E-state index in [0.717, 1.165) is 50.3 Å². The van der Waals surface area contributed by atoms with Crippen LogP contribution in [0.5, 0.6) is 0 Å². The zero-order chi connectivity index (χ0) is 15.8. The number of piperidine rings is 1. The van der Waals surface area contributed by atoms with Crippen molar-refractivity contribution in [1.29, 1.82) is 0 Å². The largest absolute Gasteiger partial charge is 0.299 e. The summed E-state index contributed by atoms with van der Waals surface area (Å²) in [7, 11) is -3.07. The second kappa shape index (κ2) is 6.11. The van der Waals surface area contributed by atoms with Crippen molar-refractivity contribution in [2.24, 2.45) is 5.41 Å². The van der Waals surface area contributed by atoms with Crippen molar-refractivity contribution >= 4 is 21.6 Å². The topological polar surface area (TPSA) is 49.4 Å². The summed E-state index contributed by atoms with van der Waals surface area (Å²) in [5, 5.41) is 0.791. The minimum Gasteiger partial charge on any atom is -0.299 e. The maximum Gasteiger partial charge on any atom is 0.208 e. The van der Waals surface area contributed by atoms with Gasteiger partial charge in [0.05, 0.1) is 6.26 Å². The molecule has 1 aliphatic carbocycles. The minimum absolute atomic E-state index is 0.148. The van der Waals surface area contributed by atoms with Gasteiger partial charge in [-0.05, 0) is 61.9 Å². The molecule has 0 aromatic heterocycles. The summed E-state index contributed by atoms with van der Waals surface area (Å²) in [6.45, 7) is 3.11. The van der Waals surface area contributed by atoms with Crippen LogP contribution in [-0.2, 0) is 16.6 Å². The molecule has 22 heavy (non-hydrogen) atoms. The lowest BCUT2D eigenvalue weighted by molar-refractivity contribution is 0.0107. The van der Waals surface area contributed by atoms with Crippen LogP contribution < -0.4 is 4.72 Å². The molecule has 2 aliphatic rings. The number of nitrogens with zero attached hydrogens (tertiary/aromatic N) is 1. The molecule has 1 aromatic carbocycles. The van der Waals surface area contributed by atoms with Crippen LogP contribution in [0.1, 0.15) is 31.2 Å². The third-order valence-electron chi connectivity index (χ3n) is 4.95. The summed E-state index contributed by atoms with van der Waals surface area (Å²) in [6.07, 6.45) is 5.55. The quantitative estimate of drug-likeness (QED) is 0.915. The number of sulfonamides is 1. The molecule has 3 rings (SSSR count). The highest BCUT2D eigenvalue weighted by Crippen LogP contribution is 2.49. The molecule has 2 fully saturated rings. The average molecular weight is 343 g/mol. The van der Waals surface area contributed by atoms with E-state index in [-0.39, 0.29) is 6.04 Å². The van der Waals surface area contributed by atoms with Crippen molar-refractivity contribution in [3.63, 3.8) is 0 Å². The molecule has 1 aromatic rings. The molecule has 0 amide bonds. The molecule has 122 valence electrons. The fourth-order valence-electron chi connectivity index (χ4n) is 3.86. The Morgan fingerprint density at radius 2 is 2.00 bits per heavy atom.